The number of carbonyl (C=O) groups excluding carboxylic acids is 1. The van der Waals surface area contributed by atoms with Gasteiger partial charge in [0, 0.05) is 15.3 Å². The maximum atomic E-state index is 12.6. The number of hydrogen-bond acceptors (Lipinski definition) is 5. The van der Waals surface area contributed by atoms with E-state index in [1.807, 2.05) is 45.0 Å². The zero-order chi connectivity index (χ0) is 18.0. The Labute approximate surface area is 160 Å². The van der Waals surface area contributed by atoms with E-state index in [4.69, 9.17) is 4.52 Å². The summed E-state index contributed by atoms with van der Waals surface area (Å²) in [6, 6.07) is 7.68. The molecule has 1 aliphatic rings. The van der Waals surface area contributed by atoms with Gasteiger partial charge >= 0.3 is 0 Å². The summed E-state index contributed by atoms with van der Waals surface area (Å²) in [5.41, 5.74) is 0. The van der Waals surface area contributed by atoms with Gasteiger partial charge < -0.3 is 9.84 Å². The van der Waals surface area contributed by atoms with Crippen molar-refractivity contribution in [3.05, 3.63) is 40.5 Å². The minimum Gasteiger partial charge on any atom is -0.343 e. The molecule has 1 heterocycles. The number of aromatic nitrogens is 2. The van der Waals surface area contributed by atoms with Crippen LogP contribution in [-0.4, -0.2) is 21.3 Å². The lowest BCUT2D eigenvalue weighted by Crippen LogP contribution is -2.36. The van der Waals surface area contributed by atoms with Crippen LogP contribution in [0, 0.1) is 5.92 Å². The van der Waals surface area contributed by atoms with E-state index in [-0.39, 0.29) is 23.1 Å². The Bertz CT molecular complexity index is 728. The molecule has 1 aromatic carbocycles. The number of nitrogens with zero attached hydrogens (tertiary/aromatic N) is 2. The van der Waals surface area contributed by atoms with Gasteiger partial charge in [-0.25, -0.2) is 0 Å². The first-order valence-electron chi connectivity index (χ1n) is 8.50. The summed E-state index contributed by atoms with van der Waals surface area (Å²) in [5, 5.41) is 6.92. The van der Waals surface area contributed by atoms with Crippen molar-refractivity contribution in [3.8, 4) is 0 Å². The zero-order valence-corrected chi connectivity index (χ0v) is 16.9. The van der Waals surface area contributed by atoms with Gasteiger partial charge in [-0.1, -0.05) is 34.9 Å². The molecule has 1 amide bonds. The van der Waals surface area contributed by atoms with Crippen LogP contribution in [0.25, 0.3) is 0 Å². The fraction of sp³-hybridized carbons (Fsp3) is 0.500. The quantitative estimate of drug-likeness (QED) is 0.653. The van der Waals surface area contributed by atoms with Crippen LogP contribution < -0.4 is 5.32 Å². The highest BCUT2D eigenvalue weighted by molar-refractivity contribution is 9.10. The molecule has 0 bridgehead atoms. The maximum absolute atomic E-state index is 12.6. The van der Waals surface area contributed by atoms with Crippen LogP contribution in [0.4, 0.5) is 0 Å². The normalized spacial score (nSPS) is 16.7. The number of nitrogens with one attached hydrogen (secondary N) is 1. The predicted molar refractivity (Wildman–Crippen MR) is 101 cm³/mol. The second-order valence-corrected chi connectivity index (χ2v) is 9.04. The van der Waals surface area contributed by atoms with E-state index in [1.165, 1.54) is 11.8 Å². The SMILES string of the molecule is CC(Sc1ccc(Br)cc1)C(=O)NC(c1nc(C2CC2)no1)C(C)C. The summed E-state index contributed by atoms with van der Waals surface area (Å²) in [5.74, 6) is 1.85. The summed E-state index contributed by atoms with van der Waals surface area (Å²) in [6.07, 6.45) is 2.25. The molecule has 1 saturated carbocycles. The van der Waals surface area contributed by atoms with E-state index in [0.717, 1.165) is 28.0 Å². The number of carbonyl (C=O) groups is 1. The number of rotatable bonds is 7. The Balaban J connectivity index is 1.63. The molecule has 1 N–H and O–H groups in total. The Morgan fingerprint density at radius 1 is 1.28 bits per heavy atom. The molecule has 0 saturated heterocycles. The molecule has 5 nitrogen and oxygen atoms in total. The third kappa shape index (κ3) is 4.85. The molecule has 1 fully saturated rings. The van der Waals surface area contributed by atoms with Crippen molar-refractivity contribution in [1.82, 2.24) is 15.5 Å². The topological polar surface area (TPSA) is 68.0 Å². The molecule has 0 aliphatic heterocycles. The summed E-state index contributed by atoms with van der Waals surface area (Å²) in [7, 11) is 0. The lowest BCUT2D eigenvalue weighted by molar-refractivity contribution is -0.121. The highest BCUT2D eigenvalue weighted by atomic mass is 79.9. The van der Waals surface area contributed by atoms with Crippen molar-refractivity contribution < 1.29 is 9.32 Å². The molecule has 2 aromatic rings. The van der Waals surface area contributed by atoms with Crippen LogP contribution in [0.15, 0.2) is 38.2 Å². The van der Waals surface area contributed by atoms with E-state index < -0.39 is 0 Å². The molecule has 1 aromatic heterocycles. The third-order valence-electron chi connectivity index (χ3n) is 4.13. The van der Waals surface area contributed by atoms with Crippen molar-refractivity contribution in [2.45, 2.75) is 55.7 Å². The van der Waals surface area contributed by atoms with Gasteiger partial charge in [0.05, 0.1) is 5.25 Å². The van der Waals surface area contributed by atoms with E-state index in [2.05, 4.69) is 31.4 Å². The molecule has 0 radical (unpaired) electrons. The largest absolute Gasteiger partial charge is 0.343 e. The van der Waals surface area contributed by atoms with E-state index >= 15 is 0 Å². The highest BCUT2D eigenvalue weighted by Gasteiger charge is 2.32. The third-order valence-corrected chi connectivity index (χ3v) is 5.77. The minimum atomic E-state index is -0.263. The van der Waals surface area contributed by atoms with Crippen molar-refractivity contribution in [3.63, 3.8) is 0 Å². The van der Waals surface area contributed by atoms with Gasteiger partial charge in [-0.15, -0.1) is 11.8 Å². The molecular formula is C18H22BrN3O2S. The molecule has 2 atom stereocenters. The number of hydrogen-bond donors (Lipinski definition) is 1. The fourth-order valence-corrected chi connectivity index (χ4v) is 3.58. The van der Waals surface area contributed by atoms with E-state index in [1.54, 1.807) is 0 Å². The fourth-order valence-electron chi connectivity index (χ4n) is 2.44. The predicted octanol–water partition coefficient (Wildman–Crippen LogP) is 4.70. The van der Waals surface area contributed by atoms with Crippen molar-refractivity contribution >= 4 is 33.6 Å². The number of benzene rings is 1. The Hall–Kier alpha value is -1.34. The second-order valence-electron chi connectivity index (χ2n) is 6.71. The molecule has 0 spiro atoms. The van der Waals surface area contributed by atoms with Gasteiger partial charge in [-0.2, -0.15) is 4.98 Å². The van der Waals surface area contributed by atoms with Crippen molar-refractivity contribution in [2.24, 2.45) is 5.92 Å². The van der Waals surface area contributed by atoms with Gasteiger partial charge in [0.1, 0.15) is 6.04 Å². The first kappa shape index (κ1) is 18.5. The van der Waals surface area contributed by atoms with Crippen LogP contribution in [0.1, 0.15) is 57.3 Å². The van der Waals surface area contributed by atoms with Gasteiger partial charge in [0.2, 0.25) is 11.8 Å². The second kappa shape index (κ2) is 7.91. The monoisotopic (exact) mass is 423 g/mol. The maximum Gasteiger partial charge on any atom is 0.249 e. The van der Waals surface area contributed by atoms with Crippen molar-refractivity contribution in [2.75, 3.05) is 0 Å². The first-order valence-corrected chi connectivity index (χ1v) is 10.2. The average Bonchev–Trinajstić information content (AvgIpc) is 3.32. The molecule has 134 valence electrons. The molecular weight excluding hydrogens is 402 g/mol. The van der Waals surface area contributed by atoms with Crippen LogP contribution in [0.3, 0.4) is 0 Å². The van der Waals surface area contributed by atoms with E-state index in [9.17, 15) is 4.79 Å². The smallest absolute Gasteiger partial charge is 0.249 e. The Kier molecular flexibility index (Phi) is 5.84. The van der Waals surface area contributed by atoms with Crippen LogP contribution in [0.2, 0.25) is 0 Å². The van der Waals surface area contributed by atoms with Crippen LogP contribution in [0.5, 0.6) is 0 Å². The number of amides is 1. The van der Waals surface area contributed by atoms with Gasteiger partial charge in [-0.3, -0.25) is 4.79 Å². The van der Waals surface area contributed by atoms with Crippen LogP contribution >= 0.6 is 27.7 Å². The molecule has 2 unspecified atom stereocenters. The summed E-state index contributed by atoms with van der Waals surface area (Å²) in [6.45, 7) is 5.99. The van der Waals surface area contributed by atoms with Gasteiger partial charge in [0.25, 0.3) is 0 Å². The minimum absolute atomic E-state index is 0.0298. The van der Waals surface area contributed by atoms with Crippen molar-refractivity contribution in [1.29, 1.82) is 0 Å². The molecule has 7 heteroatoms. The standard InChI is InChI=1S/C18H22BrN3O2S/c1-10(2)15(18-21-16(22-24-18)12-4-5-12)20-17(23)11(3)25-14-8-6-13(19)7-9-14/h6-12,15H,4-5H2,1-3H3,(H,20,23). The number of halogens is 1. The Morgan fingerprint density at radius 2 is 1.96 bits per heavy atom. The lowest BCUT2D eigenvalue weighted by Gasteiger charge is -2.21. The summed E-state index contributed by atoms with van der Waals surface area (Å²) in [4.78, 5) is 18.2. The Morgan fingerprint density at radius 3 is 2.56 bits per heavy atom. The first-order chi connectivity index (χ1) is 11.9. The van der Waals surface area contributed by atoms with Gasteiger partial charge in [0.15, 0.2) is 5.82 Å². The lowest BCUT2D eigenvalue weighted by atomic mass is 10.0. The molecule has 3 rings (SSSR count). The van der Waals surface area contributed by atoms with Gasteiger partial charge in [-0.05, 0) is 49.9 Å². The zero-order valence-electron chi connectivity index (χ0n) is 14.5. The highest BCUT2D eigenvalue weighted by Crippen LogP contribution is 2.38. The molecule has 25 heavy (non-hydrogen) atoms. The number of thioether (sulfide) groups is 1. The average molecular weight is 424 g/mol. The summed E-state index contributed by atoms with van der Waals surface area (Å²) >= 11 is 4.95. The summed E-state index contributed by atoms with van der Waals surface area (Å²) < 4.78 is 6.44. The molecule has 1 aliphatic carbocycles. The van der Waals surface area contributed by atoms with E-state index in [0.29, 0.717) is 11.8 Å². The van der Waals surface area contributed by atoms with Crippen LogP contribution in [-0.2, 0) is 4.79 Å².